The summed E-state index contributed by atoms with van der Waals surface area (Å²) < 4.78 is 10.7. The fraction of sp³-hybridized carbons (Fsp3) is 0.385. The van der Waals surface area contributed by atoms with Crippen molar-refractivity contribution in [2.24, 2.45) is 0 Å². The van der Waals surface area contributed by atoms with E-state index < -0.39 is 0 Å². The van der Waals surface area contributed by atoms with Gasteiger partial charge >= 0.3 is 0 Å². The lowest BCUT2D eigenvalue weighted by Gasteiger charge is -2.28. The molecular weight excluding hydrogens is 418 g/mol. The van der Waals surface area contributed by atoms with E-state index in [4.69, 9.17) is 9.47 Å². The number of benzene rings is 2. The zero-order valence-corrected chi connectivity index (χ0v) is 19.3. The van der Waals surface area contributed by atoms with Gasteiger partial charge in [0.1, 0.15) is 11.4 Å². The van der Waals surface area contributed by atoms with E-state index in [1.165, 1.54) is 4.90 Å². The monoisotopic (exact) mass is 449 g/mol. The fourth-order valence-corrected chi connectivity index (χ4v) is 4.30. The summed E-state index contributed by atoms with van der Waals surface area (Å²) in [5, 5.41) is 0. The SMILES string of the molecule is CCN(Cc1ccccc1)C1=C(c2ccc(OC)cc2)C(=O)N(CCN2CCOCC2)C1=O. The highest BCUT2D eigenvalue weighted by Gasteiger charge is 2.41. The van der Waals surface area contributed by atoms with Gasteiger partial charge < -0.3 is 14.4 Å². The number of methoxy groups -OCH3 is 1. The van der Waals surface area contributed by atoms with Crippen molar-refractivity contribution in [2.45, 2.75) is 13.5 Å². The third-order valence-corrected chi connectivity index (χ3v) is 6.18. The van der Waals surface area contributed by atoms with Gasteiger partial charge in [-0.1, -0.05) is 42.5 Å². The van der Waals surface area contributed by atoms with Crippen molar-refractivity contribution in [1.82, 2.24) is 14.7 Å². The molecule has 4 rings (SSSR count). The molecule has 2 aliphatic heterocycles. The van der Waals surface area contributed by atoms with Crippen LogP contribution in [0.1, 0.15) is 18.1 Å². The van der Waals surface area contributed by atoms with Gasteiger partial charge in [-0.05, 0) is 30.2 Å². The number of hydrogen-bond acceptors (Lipinski definition) is 6. The molecule has 174 valence electrons. The second-order valence-electron chi connectivity index (χ2n) is 8.17. The van der Waals surface area contributed by atoms with Gasteiger partial charge in [-0.15, -0.1) is 0 Å². The lowest BCUT2D eigenvalue weighted by molar-refractivity contribution is -0.138. The zero-order valence-electron chi connectivity index (χ0n) is 19.3. The molecule has 0 radical (unpaired) electrons. The standard InChI is InChI=1S/C26H31N3O4/c1-3-28(19-20-7-5-4-6-8-20)24-23(21-9-11-22(32-2)12-10-21)25(30)29(26(24)31)14-13-27-15-17-33-18-16-27/h4-12H,3,13-19H2,1-2H3. The maximum atomic E-state index is 13.6. The van der Waals surface area contributed by atoms with Gasteiger partial charge in [0.25, 0.3) is 11.8 Å². The van der Waals surface area contributed by atoms with E-state index in [0.717, 1.165) is 24.2 Å². The van der Waals surface area contributed by atoms with Gasteiger partial charge in [-0.2, -0.15) is 0 Å². The van der Waals surface area contributed by atoms with Crippen LogP contribution in [0.2, 0.25) is 0 Å². The smallest absolute Gasteiger partial charge is 0.277 e. The molecule has 0 aromatic heterocycles. The van der Waals surface area contributed by atoms with Crippen LogP contribution in [0.5, 0.6) is 5.75 Å². The quantitative estimate of drug-likeness (QED) is 0.549. The highest BCUT2D eigenvalue weighted by atomic mass is 16.5. The number of imide groups is 1. The first-order valence-electron chi connectivity index (χ1n) is 11.5. The molecule has 0 N–H and O–H groups in total. The van der Waals surface area contributed by atoms with Gasteiger partial charge in [0.05, 0.1) is 25.9 Å². The first-order valence-corrected chi connectivity index (χ1v) is 11.5. The molecule has 0 atom stereocenters. The average Bonchev–Trinajstić information content (AvgIpc) is 3.11. The third kappa shape index (κ3) is 5.10. The molecule has 1 fully saturated rings. The summed E-state index contributed by atoms with van der Waals surface area (Å²) in [6, 6.07) is 17.4. The third-order valence-electron chi connectivity index (χ3n) is 6.18. The lowest BCUT2D eigenvalue weighted by atomic mass is 10.0. The van der Waals surface area contributed by atoms with Gasteiger partial charge in [-0.25, -0.2) is 0 Å². The highest BCUT2D eigenvalue weighted by Crippen LogP contribution is 2.33. The molecule has 2 heterocycles. The molecule has 0 saturated carbocycles. The van der Waals surface area contributed by atoms with Gasteiger partial charge in [0, 0.05) is 39.3 Å². The van der Waals surface area contributed by atoms with Crippen LogP contribution in [0.15, 0.2) is 60.3 Å². The van der Waals surface area contributed by atoms with E-state index in [2.05, 4.69) is 4.90 Å². The first-order chi connectivity index (χ1) is 16.1. The van der Waals surface area contributed by atoms with Crippen LogP contribution < -0.4 is 4.74 Å². The highest BCUT2D eigenvalue weighted by molar-refractivity contribution is 6.35. The summed E-state index contributed by atoms with van der Waals surface area (Å²) >= 11 is 0. The second-order valence-corrected chi connectivity index (χ2v) is 8.17. The van der Waals surface area contributed by atoms with Gasteiger partial charge in [0.15, 0.2) is 0 Å². The largest absolute Gasteiger partial charge is 0.497 e. The Morgan fingerprint density at radius 2 is 1.64 bits per heavy atom. The van der Waals surface area contributed by atoms with E-state index in [-0.39, 0.29) is 11.8 Å². The maximum absolute atomic E-state index is 13.6. The van der Waals surface area contributed by atoms with Crippen molar-refractivity contribution in [2.75, 3.05) is 53.0 Å². The number of amides is 2. The fourth-order valence-electron chi connectivity index (χ4n) is 4.30. The predicted molar refractivity (Wildman–Crippen MR) is 126 cm³/mol. The summed E-state index contributed by atoms with van der Waals surface area (Å²) in [5.74, 6) is 0.246. The Kier molecular flexibility index (Phi) is 7.42. The molecule has 0 aliphatic carbocycles. The normalized spacial score (nSPS) is 17.1. The van der Waals surface area contributed by atoms with Crippen molar-refractivity contribution in [3.05, 3.63) is 71.4 Å². The van der Waals surface area contributed by atoms with E-state index in [1.807, 2.05) is 66.4 Å². The molecule has 0 unspecified atom stereocenters. The Morgan fingerprint density at radius 1 is 0.939 bits per heavy atom. The van der Waals surface area contributed by atoms with Gasteiger partial charge in [-0.3, -0.25) is 19.4 Å². The molecule has 7 nitrogen and oxygen atoms in total. The Bertz CT molecular complexity index is 998. The number of nitrogens with zero attached hydrogens (tertiary/aromatic N) is 3. The van der Waals surface area contributed by atoms with Crippen molar-refractivity contribution >= 4 is 17.4 Å². The predicted octanol–water partition coefficient (Wildman–Crippen LogP) is 2.63. The Morgan fingerprint density at radius 3 is 2.27 bits per heavy atom. The number of likely N-dealkylation sites (N-methyl/N-ethyl adjacent to an activating group) is 1. The molecule has 2 aromatic rings. The van der Waals surface area contributed by atoms with Crippen LogP contribution >= 0.6 is 0 Å². The molecule has 7 heteroatoms. The summed E-state index contributed by atoms with van der Waals surface area (Å²) in [6.07, 6.45) is 0. The molecule has 33 heavy (non-hydrogen) atoms. The van der Waals surface area contributed by atoms with E-state index in [9.17, 15) is 9.59 Å². The van der Waals surface area contributed by atoms with E-state index >= 15 is 0 Å². The minimum Gasteiger partial charge on any atom is -0.497 e. The second kappa shape index (κ2) is 10.6. The van der Waals surface area contributed by atoms with Crippen LogP contribution in [-0.2, 0) is 20.9 Å². The summed E-state index contributed by atoms with van der Waals surface area (Å²) in [7, 11) is 1.61. The van der Waals surface area contributed by atoms with E-state index in [0.29, 0.717) is 56.4 Å². The minimum atomic E-state index is -0.236. The van der Waals surface area contributed by atoms with Crippen LogP contribution in [0, 0.1) is 0 Å². The van der Waals surface area contributed by atoms with Crippen molar-refractivity contribution < 1.29 is 19.1 Å². The number of carbonyl (C=O) groups excluding carboxylic acids is 2. The zero-order chi connectivity index (χ0) is 23.2. The minimum absolute atomic E-state index is 0.225. The molecular formula is C26H31N3O4. The topological polar surface area (TPSA) is 62.3 Å². The Balaban J connectivity index is 1.65. The van der Waals surface area contributed by atoms with Crippen molar-refractivity contribution in [3.63, 3.8) is 0 Å². The van der Waals surface area contributed by atoms with Crippen LogP contribution in [-0.4, -0.2) is 79.6 Å². The molecule has 1 saturated heterocycles. The molecule has 0 bridgehead atoms. The molecule has 2 aromatic carbocycles. The molecule has 0 spiro atoms. The maximum Gasteiger partial charge on any atom is 0.277 e. The summed E-state index contributed by atoms with van der Waals surface area (Å²) in [4.78, 5) is 32.8. The number of morpholine rings is 1. The van der Waals surface area contributed by atoms with Crippen LogP contribution in [0.4, 0.5) is 0 Å². The average molecular weight is 450 g/mol. The molecule has 2 aliphatic rings. The summed E-state index contributed by atoms with van der Waals surface area (Å²) in [6.45, 7) is 7.19. The summed E-state index contributed by atoms with van der Waals surface area (Å²) in [5.41, 5.74) is 2.75. The van der Waals surface area contributed by atoms with Gasteiger partial charge in [0.2, 0.25) is 0 Å². The molecule has 2 amide bonds. The van der Waals surface area contributed by atoms with Crippen molar-refractivity contribution in [1.29, 1.82) is 0 Å². The van der Waals surface area contributed by atoms with Crippen LogP contribution in [0.3, 0.4) is 0 Å². The Hall–Kier alpha value is -3.16. The number of carbonyl (C=O) groups is 2. The lowest BCUT2D eigenvalue weighted by Crippen LogP contribution is -2.44. The van der Waals surface area contributed by atoms with Crippen LogP contribution in [0.25, 0.3) is 5.57 Å². The van der Waals surface area contributed by atoms with E-state index in [1.54, 1.807) is 7.11 Å². The first kappa shape index (κ1) is 23.0. The Labute approximate surface area is 195 Å². The number of hydrogen-bond donors (Lipinski definition) is 0. The van der Waals surface area contributed by atoms with Crippen molar-refractivity contribution in [3.8, 4) is 5.75 Å². The number of rotatable bonds is 9. The number of ether oxygens (including phenoxy) is 2.